The van der Waals surface area contributed by atoms with Gasteiger partial charge in [-0.3, -0.25) is 42.0 Å². The van der Waals surface area contributed by atoms with Crippen molar-refractivity contribution >= 4 is 94.2 Å². The van der Waals surface area contributed by atoms with Gasteiger partial charge >= 0.3 is 0 Å². The molecule has 5 aliphatic rings. The lowest BCUT2D eigenvalue weighted by atomic mass is 9.97. The lowest BCUT2D eigenvalue weighted by Crippen LogP contribution is -2.47. The molecule has 0 saturated carbocycles. The van der Waals surface area contributed by atoms with Crippen LogP contribution in [0.25, 0.3) is 0 Å². The van der Waals surface area contributed by atoms with Crippen LogP contribution < -0.4 is 29.3 Å². The van der Waals surface area contributed by atoms with Crippen LogP contribution in [-0.2, 0) is 86.7 Å². The number of amides is 5. The van der Waals surface area contributed by atoms with Gasteiger partial charge in [0.25, 0.3) is 43.9 Å². The summed E-state index contributed by atoms with van der Waals surface area (Å²) < 4.78 is 81.3. The highest BCUT2D eigenvalue weighted by Crippen LogP contribution is 2.44. The fraction of sp³-hybridized carbons (Fsp3) is 0.397. The lowest BCUT2D eigenvalue weighted by Gasteiger charge is -2.28. The molecule has 5 heterocycles. The standard InChI is InChI=1S/C63H68N4O15S4/c1-38-26-47-44(34-57(86(76,77)80-6)51-31-43-13-8-10-15-50(43)67(51)62(47)73)33-53(38)81-36-39-27-40(37-82-55-32-41-17-18-46-30-42-12-7-9-14-49(42)66(46)61(72)48(41)35-54(55)78-4)29-45(28-39)64-58(69)21-23-63(2,3)84-83-25-22-56(85(74,75)79-5)52(68)16-11-24-65-59(70)19-20-60(65)71/h7-10,12-15,19-20,26-29,32-33,35,46,51,56-57H,11,16-18,21-25,30-31,34,36-37H2,1-6H3,(H,64,69)/t46-,51+,56?,57?/m1/s1. The summed E-state index contributed by atoms with van der Waals surface area (Å²) in [5, 5.41) is 0.554. The first-order chi connectivity index (χ1) is 41.1. The minimum atomic E-state index is -4.24. The normalized spacial score (nSPS) is 18.3. The smallest absolute Gasteiger partial charge is 0.277 e. The number of methoxy groups -OCH3 is 1. The molecule has 10 rings (SSSR count). The topological polar surface area (TPSA) is 239 Å². The highest BCUT2D eigenvalue weighted by atomic mass is 33.1. The van der Waals surface area contributed by atoms with Gasteiger partial charge in [0.05, 0.1) is 27.4 Å². The van der Waals surface area contributed by atoms with E-state index in [4.69, 9.17) is 22.6 Å². The number of ether oxygens (including phenoxy) is 3. The third kappa shape index (κ3) is 13.3. The first-order valence-electron chi connectivity index (χ1n) is 28.4. The van der Waals surface area contributed by atoms with Gasteiger partial charge in [-0.15, -0.1) is 0 Å². The summed E-state index contributed by atoms with van der Waals surface area (Å²) in [7, 11) is -1.88. The van der Waals surface area contributed by atoms with E-state index in [1.165, 1.54) is 28.7 Å². The molecule has 0 bridgehead atoms. The van der Waals surface area contributed by atoms with Crippen molar-refractivity contribution in [3.63, 3.8) is 0 Å². The van der Waals surface area contributed by atoms with Gasteiger partial charge in [0.1, 0.15) is 29.5 Å². The molecule has 5 amide bonds. The number of ketones is 1. The van der Waals surface area contributed by atoms with Crippen LogP contribution in [0.15, 0.2) is 103 Å². The van der Waals surface area contributed by atoms with Crippen LogP contribution >= 0.6 is 21.6 Å². The van der Waals surface area contributed by atoms with Crippen LogP contribution in [-0.4, -0.2) is 118 Å². The molecular formula is C63H68N4O15S4. The maximum Gasteiger partial charge on any atom is 0.277 e. The van der Waals surface area contributed by atoms with E-state index in [1.807, 2.05) is 80.3 Å². The molecule has 0 aromatic heterocycles. The second kappa shape index (κ2) is 25.7. The highest BCUT2D eigenvalue weighted by molar-refractivity contribution is 8.77. The summed E-state index contributed by atoms with van der Waals surface area (Å²) in [4.78, 5) is 84.2. The van der Waals surface area contributed by atoms with E-state index >= 15 is 0 Å². The number of carbonyl (C=O) groups is 6. The van der Waals surface area contributed by atoms with Gasteiger partial charge in [0.2, 0.25) is 5.91 Å². The molecule has 1 N–H and O–H groups in total. The average Bonchev–Trinajstić information content (AvgIpc) is 1.64. The monoisotopic (exact) mass is 1250 g/mol. The summed E-state index contributed by atoms with van der Waals surface area (Å²) in [5.41, 5.74) is 8.29. The Morgan fingerprint density at radius 1 is 0.709 bits per heavy atom. The van der Waals surface area contributed by atoms with Gasteiger partial charge in [-0.1, -0.05) is 58.0 Å². The Bertz CT molecular complexity index is 3780. The first kappa shape index (κ1) is 62.0. The molecule has 19 nitrogen and oxygen atoms in total. The van der Waals surface area contributed by atoms with Crippen molar-refractivity contribution in [3.05, 3.63) is 153 Å². The van der Waals surface area contributed by atoms with E-state index in [0.29, 0.717) is 81.3 Å². The first-order valence-corrected chi connectivity index (χ1v) is 33.7. The maximum atomic E-state index is 14.5. The molecule has 5 aliphatic heterocycles. The number of para-hydroxylation sites is 2. The number of nitrogens with one attached hydrogen (secondary N) is 1. The molecule has 0 fully saturated rings. The predicted molar refractivity (Wildman–Crippen MR) is 329 cm³/mol. The quantitative estimate of drug-likeness (QED) is 0.0248. The van der Waals surface area contributed by atoms with E-state index in [1.54, 1.807) is 35.2 Å². The number of rotatable bonds is 25. The van der Waals surface area contributed by atoms with E-state index in [2.05, 4.69) is 11.4 Å². The zero-order valence-corrected chi connectivity index (χ0v) is 51.9. The van der Waals surface area contributed by atoms with Crippen LogP contribution in [0.4, 0.5) is 17.1 Å². The van der Waals surface area contributed by atoms with Gasteiger partial charge < -0.3 is 29.3 Å². The Morgan fingerprint density at radius 2 is 1.34 bits per heavy atom. The fourth-order valence-corrected chi connectivity index (χ4v) is 17.1. The number of hydrogen-bond acceptors (Lipinski definition) is 17. The highest BCUT2D eigenvalue weighted by Gasteiger charge is 2.48. The minimum absolute atomic E-state index is 0.00202. The number of anilines is 3. The largest absolute Gasteiger partial charge is 0.493 e. The van der Waals surface area contributed by atoms with Gasteiger partial charge in [-0.2, -0.15) is 16.8 Å². The Morgan fingerprint density at radius 3 is 2.01 bits per heavy atom. The zero-order valence-electron chi connectivity index (χ0n) is 48.6. The Hall–Kier alpha value is -7.02. The van der Waals surface area contributed by atoms with E-state index in [-0.39, 0.29) is 81.4 Å². The molecule has 0 radical (unpaired) electrons. The SMILES string of the molecule is COc1cc2c(cc1OCc1cc(COc3cc4c(cc3C)C(=O)N3c5ccccc5C[C@H]3C(S(=O)(=O)OC)C4)cc(NC(=O)CCC(C)(C)SSCCC(C(=O)CCCN3C(=O)C=CC3=O)S(=O)(=O)OC)c1)CC[C@@H]1Cc3ccccc3N1C2=O. The van der Waals surface area contributed by atoms with Crippen molar-refractivity contribution < 1.29 is 68.2 Å². The number of nitrogens with zero attached hydrogens (tertiary/aromatic N) is 3. The van der Waals surface area contributed by atoms with Gasteiger partial charge in [-0.25, -0.2) is 0 Å². The van der Waals surface area contributed by atoms with Crippen LogP contribution in [0.2, 0.25) is 0 Å². The van der Waals surface area contributed by atoms with Gasteiger partial charge in [0.15, 0.2) is 17.3 Å². The molecule has 454 valence electrons. The van der Waals surface area contributed by atoms with Crippen LogP contribution in [0.1, 0.15) is 112 Å². The average molecular weight is 1250 g/mol. The number of aryl methyl sites for hydroxylation is 2. The number of benzene rings is 5. The lowest BCUT2D eigenvalue weighted by molar-refractivity contribution is -0.137. The summed E-state index contributed by atoms with van der Waals surface area (Å²) in [6.07, 6.45) is 5.24. The summed E-state index contributed by atoms with van der Waals surface area (Å²) in [6, 6.07) is 27.3. The number of hydrogen-bond donors (Lipinski definition) is 1. The van der Waals surface area contributed by atoms with Crippen molar-refractivity contribution in [3.8, 4) is 17.2 Å². The van der Waals surface area contributed by atoms with Gasteiger partial charge in [-0.05, 0) is 166 Å². The van der Waals surface area contributed by atoms with E-state index in [9.17, 15) is 45.6 Å². The summed E-state index contributed by atoms with van der Waals surface area (Å²) >= 11 is 0. The van der Waals surface area contributed by atoms with Crippen LogP contribution in [0, 0.1) is 6.92 Å². The molecule has 4 atom stereocenters. The van der Waals surface area contributed by atoms with Crippen molar-refractivity contribution in [1.29, 1.82) is 0 Å². The van der Waals surface area contributed by atoms with Crippen LogP contribution in [0.3, 0.4) is 0 Å². The van der Waals surface area contributed by atoms with E-state index in [0.717, 1.165) is 66.5 Å². The van der Waals surface area contributed by atoms with Crippen molar-refractivity contribution in [2.24, 2.45) is 0 Å². The Labute approximate surface area is 509 Å². The summed E-state index contributed by atoms with van der Waals surface area (Å²) in [6.45, 7) is 5.75. The molecule has 86 heavy (non-hydrogen) atoms. The molecule has 0 saturated heterocycles. The van der Waals surface area contributed by atoms with Crippen molar-refractivity contribution in [2.45, 2.75) is 126 Å². The third-order valence-electron chi connectivity index (χ3n) is 16.4. The Kier molecular flexibility index (Phi) is 18.6. The minimum Gasteiger partial charge on any atom is -0.493 e. The molecular weight excluding hydrogens is 1180 g/mol. The number of imide groups is 1. The van der Waals surface area contributed by atoms with Crippen molar-refractivity contribution in [1.82, 2.24) is 4.90 Å². The number of fused-ring (bicyclic) bond motifs is 8. The maximum absolute atomic E-state index is 14.5. The molecule has 0 spiro atoms. The Balaban J connectivity index is 0.843. The number of carbonyl (C=O) groups excluding carboxylic acids is 6. The third-order valence-corrected chi connectivity index (χ3v) is 23.2. The molecule has 23 heteroatoms. The van der Waals surface area contributed by atoms with E-state index < -0.39 is 59.1 Å². The molecule has 5 aromatic carbocycles. The molecule has 0 aliphatic carbocycles. The predicted octanol–water partition coefficient (Wildman–Crippen LogP) is 9.04. The second-order valence-corrected chi connectivity index (χ2v) is 29.5. The van der Waals surface area contributed by atoms with Gasteiger partial charge in [0, 0.05) is 76.3 Å². The molecule has 2 unspecified atom stereocenters. The second-order valence-electron chi connectivity index (χ2n) is 22.6. The zero-order chi connectivity index (χ0) is 61.2. The molecule has 5 aromatic rings. The summed E-state index contributed by atoms with van der Waals surface area (Å²) in [5.74, 6) is -0.723. The fourth-order valence-electron chi connectivity index (χ4n) is 12.0. The van der Waals surface area contributed by atoms with Crippen molar-refractivity contribution in [2.75, 3.05) is 48.7 Å². The number of Topliss-reactive ketones (excluding diaryl/α,β-unsaturated/α-hetero) is 1. The van der Waals surface area contributed by atoms with Crippen LogP contribution in [0.5, 0.6) is 17.2 Å².